The highest BCUT2D eigenvalue weighted by Crippen LogP contribution is 2.36. The topological polar surface area (TPSA) is 66.5 Å². The molecule has 1 fully saturated rings. The Morgan fingerprint density at radius 3 is 2.18 bits per heavy atom. The predicted octanol–water partition coefficient (Wildman–Crippen LogP) is 5.99. The maximum Gasteiger partial charge on any atom is 0.417 e. The average Bonchev–Trinajstić information content (AvgIpc) is 2.78. The van der Waals surface area contributed by atoms with Crippen LogP contribution < -0.4 is 5.32 Å². The highest BCUT2D eigenvalue weighted by Gasteiger charge is 2.40. The van der Waals surface area contributed by atoms with E-state index in [9.17, 15) is 26.4 Å². The normalized spacial score (nSPS) is 16.3. The van der Waals surface area contributed by atoms with Crippen molar-refractivity contribution in [1.29, 1.82) is 0 Å². The van der Waals surface area contributed by atoms with E-state index >= 15 is 0 Å². The van der Waals surface area contributed by atoms with Crippen LogP contribution in [0.3, 0.4) is 0 Å². The lowest BCUT2D eigenvalue weighted by Gasteiger charge is -2.31. The molecular formula is C25H31F3N2O3S. The second-order valence-corrected chi connectivity index (χ2v) is 11.2. The zero-order valence-electron chi connectivity index (χ0n) is 19.8. The number of piperidine rings is 1. The van der Waals surface area contributed by atoms with Crippen LogP contribution in [0.5, 0.6) is 0 Å². The molecule has 2 aromatic carbocycles. The van der Waals surface area contributed by atoms with E-state index in [-0.39, 0.29) is 37.8 Å². The summed E-state index contributed by atoms with van der Waals surface area (Å²) >= 11 is 0. The van der Waals surface area contributed by atoms with Crippen molar-refractivity contribution in [3.8, 4) is 0 Å². The van der Waals surface area contributed by atoms with Crippen molar-refractivity contribution in [2.24, 2.45) is 5.92 Å². The molecule has 34 heavy (non-hydrogen) atoms. The zero-order valence-corrected chi connectivity index (χ0v) is 20.6. The van der Waals surface area contributed by atoms with Crippen LogP contribution in [-0.4, -0.2) is 31.7 Å². The van der Waals surface area contributed by atoms with Crippen LogP contribution in [0.2, 0.25) is 0 Å². The molecule has 186 valence electrons. The van der Waals surface area contributed by atoms with E-state index in [0.717, 1.165) is 33.8 Å². The van der Waals surface area contributed by atoms with Crippen molar-refractivity contribution >= 4 is 21.6 Å². The van der Waals surface area contributed by atoms with Crippen molar-refractivity contribution in [2.75, 3.05) is 18.4 Å². The number of sulfonamides is 1. The summed E-state index contributed by atoms with van der Waals surface area (Å²) in [5.41, 5.74) is 1.77. The lowest BCUT2D eigenvalue weighted by atomic mass is 9.93. The van der Waals surface area contributed by atoms with Gasteiger partial charge in [-0.15, -0.1) is 0 Å². The van der Waals surface area contributed by atoms with Gasteiger partial charge < -0.3 is 5.32 Å². The molecule has 1 amide bonds. The van der Waals surface area contributed by atoms with Crippen LogP contribution in [0.25, 0.3) is 0 Å². The first kappa shape index (κ1) is 26.2. The van der Waals surface area contributed by atoms with Crippen LogP contribution in [0.4, 0.5) is 18.9 Å². The van der Waals surface area contributed by atoms with Gasteiger partial charge in [-0.2, -0.15) is 17.5 Å². The molecule has 0 unspecified atom stereocenters. The fraction of sp³-hybridized carbons (Fsp3) is 0.480. The Labute approximate surface area is 199 Å². The minimum Gasteiger partial charge on any atom is -0.326 e. The number of nitrogens with zero attached hydrogens (tertiary/aromatic N) is 1. The lowest BCUT2D eigenvalue weighted by Crippen LogP contribution is -2.42. The molecule has 0 bridgehead atoms. The van der Waals surface area contributed by atoms with Gasteiger partial charge >= 0.3 is 6.18 Å². The van der Waals surface area contributed by atoms with Crippen LogP contribution in [0, 0.1) is 5.92 Å². The summed E-state index contributed by atoms with van der Waals surface area (Å²) in [5, 5.41) is 2.99. The summed E-state index contributed by atoms with van der Waals surface area (Å²) in [4.78, 5) is 12.2. The Morgan fingerprint density at radius 1 is 1.00 bits per heavy atom. The van der Waals surface area contributed by atoms with Gasteiger partial charge in [0.15, 0.2) is 0 Å². The van der Waals surface area contributed by atoms with E-state index in [1.165, 1.54) is 11.6 Å². The number of rotatable bonds is 6. The number of hydrogen-bond donors (Lipinski definition) is 1. The Kier molecular flexibility index (Phi) is 7.77. The predicted molar refractivity (Wildman–Crippen MR) is 126 cm³/mol. The third-order valence-electron chi connectivity index (χ3n) is 6.26. The molecule has 0 spiro atoms. The number of benzene rings is 2. The minimum atomic E-state index is -4.78. The molecule has 1 aliphatic heterocycles. The monoisotopic (exact) mass is 496 g/mol. The Hall–Kier alpha value is -2.39. The standard InChI is InChI=1S/C25H31F3N2O3S/c1-16(2)19-9-10-22(20(15-19)17(3)4)29-24(31)18-11-13-30(14-12-18)34(32,33)23-8-6-5-7-21(23)25(26,27)28/h5-10,15-18H,11-14H2,1-4H3,(H,29,31). The fourth-order valence-electron chi connectivity index (χ4n) is 4.19. The highest BCUT2D eigenvalue weighted by molar-refractivity contribution is 7.89. The number of nitrogens with one attached hydrogen (secondary N) is 1. The Bertz CT molecular complexity index is 1140. The molecule has 0 aliphatic carbocycles. The van der Waals surface area contributed by atoms with E-state index in [0.29, 0.717) is 5.92 Å². The second kappa shape index (κ2) is 10.1. The van der Waals surface area contributed by atoms with Gasteiger partial charge in [0.2, 0.25) is 15.9 Å². The maximum absolute atomic E-state index is 13.3. The SMILES string of the molecule is CC(C)c1ccc(NC(=O)C2CCN(S(=O)(=O)c3ccccc3C(F)(F)F)CC2)c(C(C)C)c1. The van der Waals surface area contributed by atoms with Gasteiger partial charge in [-0.1, -0.05) is 52.0 Å². The second-order valence-electron chi connectivity index (χ2n) is 9.32. The number of hydrogen-bond acceptors (Lipinski definition) is 3. The summed E-state index contributed by atoms with van der Waals surface area (Å²) in [6.45, 7) is 8.28. The first-order chi connectivity index (χ1) is 15.8. The van der Waals surface area contributed by atoms with Crippen LogP contribution in [-0.2, 0) is 21.0 Å². The molecule has 0 aromatic heterocycles. The maximum atomic E-state index is 13.3. The summed E-state index contributed by atoms with van der Waals surface area (Å²) in [6.07, 6.45) is -4.30. The van der Waals surface area contributed by atoms with E-state index in [1.54, 1.807) is 0 Å². The smallest absolute Gasteiger partial charge is 0.326 e. The van der Waals surface area contributed by atoms with Gasteiger partial charge in [-0.3, -0.25) is 4.79 Å². The number of carbonyl (C=O) groups is 1. The largest absolute Gasteiger partial charge is 0.417 e. The van der Waals surface area contributed by atoms with Crippen molar-refractivity contribution in [3.63, 3.8) is 0 Å². The van der Waals surface area contributed by atoms with Gasteiger partial charge in [0.05, 0.1) is 10.5 Å². The average molecular weight is 497 g/mol. The lowest BCUT2D eigenvalue weighted by molar-refractivity contribution is -0.139. The van der Waals surface area contributed by atoms with E-state index < -0.39 is 32.6 Å². The van der Waals surface area contributed by atoms with Gasteiger partial charge in [-0.25, -0.2) is 8.42 Å². The summed E-state index contributed by atoms with van der Waals surface area (Å²) in [5.74, 6) is -0.0632. The minimum absolute atomic E-state index is 0.0179. The third-order valence-corrected chi connectivity index (χ3v) is 8.21. The Morgan fingerprint density at radius 2 is 1.62 bits per heavy atom. The van der Waals surface area contributed by atoms with Gasteiger partial charge in [0.1, 0.15) is 0 Å². The highest BCUT2D eigenvalue weighted by atomic mass is 32.2. The first-order valence-electron chi connectivity index (χ1n) is 11.4. The van der Waals surface area contributed by atoms with Crippen molar-refractivity contribution in [3.05, 3.63) is 59.2 Å². The van der Waals surface area contributed by atoms with Crippen LogP contribution >= 0.6 is 0 Å². The Balaban J connectivity index is 1.72. The molecule has 1 N–H and O–H groups in total. The van der Waals surface area contributed by atoms with Crippen LogP contribution in [0.15, 0.2) is 47.4 Å². The fourth-order valence-corrected chi connectivity index (χ4v) is 5.87. The molecule has 1 aliphatic rings. The van der Waals surface area contributed by atoms with Gasteiger partial charge in [-0.05, 0) is 54.0 Å². The molecule has 1 saturated heterocycles. The summed E-state index contributed by atoms with van der Waals surface area (Å²) in [6, 6.07) is 10.2. The van der Waals surface area contributed by atoms with E-state index in [2.05, 4.69) is 39.1 Å². The van der Waals surface area contributed by atoms with E-state index in [1.807, 2.05) is 12.1 Å². The molecule has 1 heterocycles. The summed E-state index contributed by atoms with van der Waals surface area (Å²) in [7, 11) is -4.33. The summed E-state index contributed by atoms with van der Waals surface area (Å²) < 4.78 is 67.0. The molecule has 0 atom stereocenters. The molecule has 0 radical (unpaired) electrons. The number of anilines is 1. The number of alkyl halides is 3. The molecular weight excluding hydrogens is 465 g/mol. The van der Waals surface area contributed by atoms with Crippen molar-refractivity contribution in [2.45, 2.75) is 63.4 Å². The molecule has 5 nitrogen and oxygen atoms in total. The number of carbonyl (C=O) groups excluding carboxylic acids is 1. The first-order valence-corrected chi connectivity index (χ1v) is 12.9. The van der Waals surface area contributed by atoms with Gasteiger partial charge in [0.25, 0.3) is 0 Å². The molecule has 2 aromatic rings. The number of halogens is 3. The zero-order chi connectivity index (χ0) is 25.3. The number of amides is 1. The van der Waals surface area contributed by atoms with Gasteiger partial charge in [0, 0.05) is 24.7 Å². The third kappa shape index (κ3) is 5.63. The van der Waals surface area contributed by atoms with Crippen molar-refractivity contribution in [1.82, 2.24) is 4.31 Å². The van der Waals surface area contributed by atoms with E-state index in [4.69, 9.17) is 0 Å². The van der Waals surface area contributed by atoms with Crippen molar-refractivity contribution < 1.29 is 26.4 Å². The molecule has 0 saturated carbocycles. The van der Waals surface area contributed by atoms with Crippen LogP contribution in [0.1, 0.15) is 69.1 Å². The quantitative estimate of drug-likeness (QED) is 0.534. The molecule has 9 heteroatoms. The molecule has 3 rings (SSSR count).